The lowest BCUT2D eigenvalue weighted by Gasteiger charge is -2.56. The third-order valence-electron chi connectivity index (χ3n) is 8.00. The largest absolute Gasteiger partial charge is 0.481 e. The van der Waals surface area contributed by atoms with Gasteiger partial charge in [0.15, 0.2) is 5.78 Å². The van der Waals surface area contributed by atoms with Crippen molar-refractivity contribution in [3.8, 4) is 11.5 Å². The van der Waals surface area contributed by atoms with Crippen LogP contribution in [0.5, 0.6) is 11.5 Å². The van der Waals surface area contributed by atoms with E-state index in [4.69, 9.17) is 4.74 Å². The quantitative estimate of drug-likeness (QED) is 0.507. The molecule has 2 aliphatic heterocycles. The van der Waals surface area contributed by atoms with E-state index in [0.29, 0.717) is 44.3 Å². The lowest BCUT2D eigenvalue weighted by Crippen LogP contribution is -2.74. The van der Waals surface area contributed by atoms with Crippen molar-refractivity contribution in [3.63, 3.8) is 0 Å². The lowest BCUT2D eigenvalue weighted by molar-refractivity contribution is -0.146. The number of aliphatic carboxylic acids is 1. The predicted octanol–water partition coefficient (Wildman–Crippen LogP) is 4.89. The molecule has 2 amide bonds. The molecule has 3 fully saturated rings. The number of carboxylic acids is 1. The number of rotatable bonds is 9. The zero-order valence-corrected chi connectivity index (χ0v) is 22.2. The van der Waals surface area contributed by atoms with Gasteiger partial charge in [-0.15, -0.1) is 0 Å². The van der Waals surface area contributed by atoms with Crippen molar-refractivity contribution in [2.24, 2.45) is 17.8 Å². The third kappa shape index (κ3) is 5.35. The number of anilines is 1. The maximum atomic E-state index is 13.9. The Kier molecular flexibility index (Phi) is 7.32. The number of para-hydroxylation sites is 1. The molecule has 2 aromatic rings. The van der Waals surface area contributed by atoms with Gasteiger partial charge >= 0.3 is 12.0 Å². The Hall–Kier alpha value is -3.55. The van der Waals surface area contributed by atoms with E-state index in [1.165, 1.54) is 0 Å². The highest BCUT2D eigenvalue weighted by Gasteiger charge is 2.58. The Bertz CT molecular complexity index is 1160. The van der Waals surface area contributed by atoms with Gasteiger partial charge in [-0.1, -0.05) is 32.0 Å². The summed E-state index contributed by atoms with van der Waals surface area (Å²) >= 11 is 0. The molecule has 8 nitrogen and oxygen atoms in total. The molecule has 5 rings (SSSR count). The number of hydrogen-bond donors (Lipinski definition) is 1. The fraction of sp³-hybridized carbons (Fsp3) is 0.500. The maximum absolute atomic E-state index is 13.9. The Morgan fingerprint density at radius 2 is 1.74 bits per heavy atom. The van der Waals surface area contributed by atoms with Gasteiger partial charge in [0.25, 0.3) is 0 Å². The van der Waals surface area contributed by atoms with Gasteiger partial charge in [0, 0.05) is 37.8 Å². The van der Waals surface area contributed by atoms with E-state index in [2.05, 4.69) is 4.90 Å². The van der Waals surface area contributed by atoms with Crippen molar-refractivity contribution in [1.29, 1.82) is 0 Å². The standard InChI is InChI=1S/C30H37N3O5/c1-21(2)17-32-20-27(34)30(33(29(32)37)18-22-8-9-22)14-15-31(19-23(30)16-28(35)36)24-10-12-26(13-11-24)38-25-6-4-3-5-7-25/h3-7,10-13,21-23H,8-9,14-20H2,1-2H3,(H,35,36). The first kappa shape index (κ1) is 26.1. The Labute approximate surface area is 224 Å². The summed E-state index contributed by atoms with van der Waals surface area (Å²) in [6.45, 7) is 6.15. The number of ether oxygens (including phenoxy) is 1. The molecule has 8 heteroatoms. The summed E-state index contributed by atoms with van der Waals surface area (Å²) in [6, 6.07) is 17.2. The number of ketones is 1. The van der Waals surface area contributed by atoms with Crippen LogP contribution in [0.4, 0.5) is 10.5 Å². The second kappa shape index (κ2) is 10.7. The number of carbonyl (C=O) groups is 3. The molecular formula is C30H37N3O5. The number of nitrogens with zero attached hydrogens (tertiary/aromatic N) is 3. The third-order valence-corrected chi connectivity index (χ3v) is 8.00. The van der Waals surface area contributed by atoms with Gasteiger partial charge in [0.05, 0.1) is 13.0 Å². The fourth-order valence-electron chi connectivity index (χ4n) is 6.02. The van der Waals surface area contributed by atoms with Crippen molar-refractivity contribution in [3.05, 3.63) is 54.6 Å². The zero-order chi connectivity index (χ0) is 26.9. The number of benzene rings is 2. The van der Waals surface area contributed by atoms with Crippen LogP contribution in [0.1, 0.15) is 39.5 Å². The first-order valence-electron chi connectivity index (χ1n) is 13.7. The van der Waals surface area contributed by atoms with Crippen molar-refractivity contribution >= 4 is 23.5 Å². The normalized spacial score (nSPS) is 23.9. The summed E-state index contributed by atoms with van der Waals surface area (Å²) in [6.07, 6.45) is 2.37. The molecule has 1 spiro atoms. The molecular weight excluding hydrogens is 482 g/mol. The molecule has 1 N–H and O–H groups in total. The predicted molar refractivity (Wildman–Crippen MR) is 145 cm³/mol. The summed E-state index contributed by atoms with van der Waals surface area (Å²) in [5, 5.41) is 9.86. The Morgan fingerprint density at radius 1 is 1.05 bits per heavy atom. The molecule has 202 valence electrons. The molecule has 2 saturated heterocycles. The van der Waals surface area contributed by atoms with Gasteiger partial charge in [0.2, 0.25) is 0 Å². The number of hydrogen-bond acceptors (Lipinski definition) is 5. The maximum Gasteiger partial charge on any atom is 0.321 e. The van der Waals surface area contributed by atoms with Crippen LogP contribution in [-0.4, -0.2) is 71.0 Å². The average molecular weight is 520 g/mol. The van der Waals surface area contributed by atoms with Gasteiger partial charge in [-0.2, -0.15) is 0 Å². The number of piperidine rings is 1. The van der Waals surface area contributed by atoms with E-state index >= 15 is 0 Å². The number of carbonyl (C=O) groups excluding carboxylic acids is 2. The average Bonchev–Trinajstić information content (AvgIpc) is 3.71. The van der Waals surface area contributed by atoms with Crippen LogP contribution in [0.25, 0.3) is 0 Å². The van der Waals surface area contributed by atoms with E-state index in [-0.39, 0.29) is 30.7 Å². The summed E-state index contributed by atoms with van der Waals surface area (Å²) < 4.78 is 5.91. The molecule has 38 heavy (non-hydrogen) atoms. The monoisotopic (exact) mass is 519 g/mol. The van der Waals surface area contributed by atoms with Crippen molar-refractivity contribution < 1.29 is 24.2 Å². The van der Waals surface area contributed by atoms with Gasteiger partial charge in [-0.25, -0.2) is 4.79 Å². The molecule has 2 atom stereocenters. The van der Waals surface area contributed by atoms with Crippen LogP contribution >= 0.6 is 0 Å². The minimum Gasteiger partial charge on any atom is -0.481 e. The van der Waals surface area contributed by atoms with Crippen LogP contribution in [0.15, 0.2) is 54.6 Å². The molecule has 0 radical (unpaired) electrons. The van der Waals surface area contributed by atoms with E-state index in [9.17, 15) is 19.5 Å². The van der Waals surface area contributed by atoms with Crippen LogP contribution in [0.2, 0.25) is 0 Å². The smallest absolute Gasteiger partial charge is 0.321 e. The van der Waals surface area contributed by atoms with Gasteiger partial charge < -0.3 is 24.5 Å². The summed E-state index contributed by atoms with van der Waals surface area (Å²) in [5.41, 5.74) is -0.126. The number of urea groups is 1. The molecule has 3 aliphatic rings. The highest BCUT2D eigenvalue weighted by molar-refractivity contribution is 6.00. The fourth-order valence-corrected chi connectivity index (χ4v) is 6.02. The molecule has 1 aliphatic carbocycles. The Balaban J connectivity index is 1.39. The first-order valence-corrected chi connectivity index (χ1v) is 13.7. The summed E-state index contributed by atoms with van der Waals surface area (Å²) in [7, 11) is 0. The first-order chi connectivity index (χ1) is 18.3. The van der Waals surface area contributed by atoms with Gasteiger partial charge in [-0.3, -0.25) is 9.59 Å². The van der Waals surface area contributed by atoms with Crippen LogP contribution in [-0.2, 0) is 9.59 Å². The van der Waals surface area contributed by atoms with E-state index < -0.39 is 17.4 Å². The summed E-state index contributed by atoms with van der Waals surface area (Å²) in [5.74, 6) is 0.645. The SMILES string of the molecule is CC(C)CN1CC(=O)C2(CCN(c3ccc(Oc4ccccc4)cc3)CC2CC(=O)O)N(CC2CC2)C1=O. The number of Topliss-reactive ketones (excluding diaryl/α,β-unsaturated/α-hetero) is 1. The summed E-state index contributed by atoms with van der Waals surface area (Å²) in [4.78, 5) is 45.3. The minimum absolute atomic E-state index is 0.0177. The molecule has 1 saturated carbocycles. The van der Waals surface area contributed by atoms with Crippen LogP contribution in [0, 0.1) is 17.8 Å². The lowest BCUT2D eigenvalue weighted by atomic mass is 9.70. The van der Waals surface area contributed by atoms with Gasteiger partial charge in [-0.05, 0) is 67.5 Å². The molecule has 2 heterocycles. The molecule has 0 bridgehead atoms. The topological polar surface area (TPSA) is 90.4 Å². The van der Waals surface area contributed by atoms with E-state index in [1.54, 1.807) is 9.80 Å². The van der Waals surface area contributed by atoms with E-state index in [0.717, 1.165) is 24.3 Å². The second-order valence-corrected chi connectivity index (χ2v) is 11.4. The molecule has 0 aromatic heterocycles. The van der Waals surface area contributed by atoms with E-state index in [1.807, 2.05) is 68.4 Å². The zero-order valence-electron chi connectivity index (χ0n) is 22.2. The Morgan fingerprint density at radius 3 is 2.37 bits per heavy atom. The van der Waals surface area contributed by atoms with Crippen molar-refractivity contribution in [2.75, 3.05) is 37.6 Å². The molecule has 2 unspecified atom stereocenters. The highest BCUT2D eigenvalue weighted by atomic mass is 16.5. The van der Waals surface area contributed by atoms with Gasteiger partial charge in [0.1, 0.15) is 17.0 Å². The molecule has 2 aromatic carbocycles. The van der Waals surface area contributed by atoms with Crippen LogP contribution in [0.3, 0.4) is 0 Å². The van der Waals surface area contributed by atoms with Crippen molar-refractivity contribution in [1.82, 2.24) is 9.80 Å². The number of carboxylic acid groups (broad SMARTS) is 1. The van der Waals surface area contributed by atoms with Crippen molar-refractivity contribution in [2.45, 2.75) is 45.1 Å². The second-order valence-electron chi connectivity index (χ2n) is 11.4. The minimum atomic E-state index is -1.07. The van der Waals surface area contributed by atoms with Crippen LogP contribution < -0.4 is 9.64 Å². The highest BCUT2D eigenvalue weighted by Crippen LogP contribution is 2.44. The number of amides is 2.